The van der Waals surface area contributed by atoms with E-state index in [1.165, 1.54) is 9.91 Å². The number of carbonyl (C=O) groups excluding carboxylic acids is 2. The molecule has 31 heavy (non-hydrogen) atoms. The fraction of sp³-hybridized carbons (Fsp3) is 0.333. The van der Waals surface area contributed by atoms with E-state index in [2.05, 4.69) is 26.0 Å². The van der Waals surface area contributed by atoms with Crippen molar-refractivity contribution in [1.82, 2.24) is 14.6 Å². The molecule has 0 aliphatic heterocycles. The Kier molecular flexibility index (Phi) is 4.90. The number of nitrogen functional groups attached to an aromatic ring is 1. The zero-order valence-corrected chi connectivity index (χ0v) is 18.3. The lowest BCUT2D eigenvalue weighted by atomic mass is 10.2. The van der Waals surface area contributed by atoms with Gasteiger partial charge in [0.2, 0.25) is 11.8 Å². The Morgan fingerprint density at radius 2 is 1.77 bits per heavy atom. The highest BCUT2D eigenvalue weighted by Crippen LogP contribution is 2.37. The summed E-state index contributed by atoms with van der Waals surface area (Å²) in [5.74, 6) is 6.11. The van der Waals surface area contributed by atoms with Crippen LogP contribution in [-0.4, -0.2) is 26.4 Å². The monoisotopic (exact) mass is 483 g/mol. The molecule has 2 aliphatic rings. The number of nitrogens with two attached hydrogens (primary N) is 2. The van der Waals surface area contributed by atoms with Crippen molar-refractivity contribution in [3.05, 3.63) is 46.7 Å². The van der Waals surface area contributed by atoms with Crippen molar-refractivity contribution in [1.29, 1.82) is 0 Å². The molecule has 9 nitrogen and oxygen atoms in total. The van der Waals surface area contributed by atoms with Crippen molar-refractivity contribution in [2.24, 2.45) is 17.7 Å². The highest BCUT2D eigenvalue weighted by atomic mass is 79.9. The van der Waals surface area contributed by atoms with Crippen molar-refractivity contribution < 1.29 is 9.59 Å². The van der Waals surface area contributed by atoms with Gasteiger partial charge in [-0.15, -0.1) is 0 Å². The van der Waals surface area contributed by atoms with Crippen LogP contribution in [0.4, 0.5) is 17.2 Å². The smallest absolute Gasteiger partial charge is 0.238 e. The quantitative estimate of drug-likeness (QED) is 0.239. The maximum atomic E-state index is 12.8. The Morgan fingerprint density at radius 3 is 2.42 bits per heavy atom. The number of nitrogens with zero attached hydrogens (tertiary/aromatic N) is 5. The number of anilines is 3. The molecule has 0 spiro atoms. The number of hydrogen-bond donors (Lipinski definition) is 2. The molecule has 0 radical (unpaired) electrons. The number of amides is 2. The molecule has 10 heteroatoms. The van der Waals surface area contributed by atoms with Gasteiger partial charge in [-0.1, -0.05) is 15.9 Å². The molecular weight excluding hydrogens is 462 g/mol. The SMILES string of the molecule is Nc1ccc(Br)cc1N(N)Cc1ccc2nc(N(C(=O)C3CC3)C(=O)C3CC3)cn2n1. The Hall–Kier alpha value is -2.98. The first-order valence-electron chi connectivity index (χ1n) is 10.2. The summed E-state index contributed by atoms with van der Waals surface area (Å²) in [4.78, 5) is 31.3. The van der Waals surface area contributed by atoms with Crippen LogP contribution in [0.1, 0.15) is 31.4 Å². The van der Waals surface area contributed by atoms with Gasteiger partial charge in [0.1, 0.15) is 0 Å². The number of halogens is 1. The van der Waals surface area contributed by atoms with Gasteiger partial charge in [-0.3, -0.25) is 9.59 Å². The lowest BCUT2D eigenvalue weighted by molar-refractivity contribution is -0.127. The summed E-state index contributed by atoms with van der Waals surface area (Å²) in [6.45, 7) is 0.315. The van der Waals surface area contributed by atoms with Crippen molar-refractivity contribution >= 4 is 50.6 Å². The van der Waals surface area contributed by atoms with Crippen LogP contribution in [0, 0.1) is 11.8 Å². The largest absolute Gasteiger partial charge is 0.397 e. The zero-order valence-electron chi connectivity index (χ0n) is 16.7. The lowest BCUT2D eigenvalue weighted by Gasteiger charge is -2.20. The molecular formula is C21H22BrN7O2. The first-order chi connectivity index (χ1) is 14.9. The Balaban J connectivity index is 1.42. The van der Waals surface area contributed by atoms with Crippen LogP contribution < -0.4 is 21.5 Å². The second-order valence-corrected chi connectivity index (χ2v) is 9.03. The summed E-state index contributed by atoms with van der Waals surface area (Å²) in [5.41, 5.74) is 8.52. The van der Waals surface area contributed by atoms with Gasteiger partial charge in [-0.05, 0) is 56.0 Å². The Labute approximate surface area is 187 Å². The summed E-state index contributed by atoms with van der Waals surface area (Å²) in [7, 11) is 0. The highest BCUT2D eigenvalue weighted by Gasteiger charge is 2.43. The van der Waals surface area contributed by atoms with Crippen LogP contribution in [0.5, 0.6) is 0 Å². The second kappa shape index (κ2) is 7.61. The summed E-state index contributed by atoms with van der Waals surface area (Å²) in [6, 6.07) is 9.08. The topological polar surface area (TPSA) is 123 Å². The number of carbonyl (C=O) groups is 2. The number of aromatic nitrogens is 3. The van der Waals surface area contributed by atoms with Gasteiger partial charge < -0.3 is 10.7 Å². The van der Waals surface area contributed by atoms with Crippen molar-refractivity contribution in [2.45, 2.75) is 32.2 Å². The third kappa shape index (κ3) is 4.00. The second-order valence-electron chi connectivity index (χ2n) is 8.12. The number of fused-ring (bicyclic) bond motifs is 1. The van der Waals surface area contributed by atoms with Crippen LogP contribution in [0.15, 0.2) is 41.0 Å². The summed E-state index contributed by atoms with van der Waals surface area (Å²) in [5, 5.41) is 6.09. The van der Waals surface area contributed by atoms with E-state index >= 15 is 0 Å². The van der Waals surface area contributed by atoms with E-state index in [0.29, 0.717) is 35.1 Å². The molecule has 160 valence electrons. The number of benzene rings is 1. The summed E-state index contributed by atoms with van der Waals surface area (Å²) in [6.07, 6.45) is 4.94. The Morgan fingerprint density at radius 1 is 1.10 bits per heavy atom. The normalized spacial score (nSPS) is 15.8. The van der Waals surface area contributed by atoms with E-state index in [4.69, 9.17) is 11.6 Å². The third-order valence-corrected chi connectivity index (χ3v) is 6.01. The molecule has 3 aromatic rings. The van der Waals surface area contributed by atoms with Gasteiger partial charge in [0.15, 0.2) is 11.5 Å². The number of rotatable bonds is 6. The maximum Gasteiger partial charge on any atom is 0.238 e. The van der Waals surface area contributed by atoms with Crippen molar-refractivity contribution in [3.8, 4) is 0 Å². The predicted octanol–water partition coefficient (Wildman–Crippen LogP) is 2.63. The van der Waals surface area contributed by atoms with Gasteiger partial charge >= 0.3 is 0 Å². The van der Waals surface area contributed by atoms with Crippen molar-refractivity contribution in [3.63, 3.8) is 0 Å². The average molecular weight is 484 g/mol. The van der Waals surface area contributed by atoms with Gasteiger partial charge in [-0.25, -0.2) is 20.2 Å². The van der Waals surface area contributed by atoms with Crippen LogP contribution in [-0.2, 0) is 16.1 Å². The Bertz CT molecular complexity index is 1160. The number of imide groups is 1. The first-order valence-corrected chi connectivity index (χ1v) is 11.0. The molecule has 2 aliphatic carbocycles. The van der Waals surface area contributed by atoms with Gasteiger partial charge in [-0.2, -0.15) is 5.10 Å². The fourth-order valence-electron chi connectivity index (χ4n) is 3.49. The average Bonchev–Trinajstić information content (AvgIpc) is 3.65. The molecule has 2 fully saturated rings. The molecule has 2 aromatic heterocycles. The third-order valence-electron chi connectivity index (χ3n) is 5.52. The van der Waals surface area contributed by atoms with E-state index in [1.54, 1.807) is 22.8 Å². The zero-order chi connectivity index (χ0) is 21.7. The highest BCUT2D eigenvalue weighted by molar-refractivity contribution is 9.10. The molecule has 0 atom stereocenters. The minimum Gasteiger partial charge on any atom is -0.397 e. The lowest BCUT2D eigenvalue weighted by Crippen LogP contribution is -2.39. The van der Waals surface area contributed by atoms with Gasteiger partial charge in [0, 0.05) is 16.3 Å². The van der Waals surface area contributed by atoms with E-state index in [-0.39, 0.29) is 23.7 Å². The standard InChI is InChI=1S/C21H22BrN7O2/c22-14-5-7-16(23)17(9-14)27(24)10-15-6-8-18-25-19(11-28(18)26-15)29(20(30)12-1-2-12)21(31)13-3-4-13/h5-9,11-13H,1-4,10,23-24H2. The van der Waals surface area contributed by atoms with Crippen molar-refractivity contribution in [2.75, 3.05) is 15.6 Å². The molecule has 1 aromatic carbocycles. The molecule has 0 saturated heterocycles. The molecule has 2 heterocycles. The van der Waals surface area contributed by atoms with E-state index < -0.39 is 0 Å². The first kappa shape index (κ1) is 20.0. The van der Waals surface area contributed by atoms with Gasteiger partial charge in [0.05, 0.1) is 29.8 Å². The van der Waals surface area contributed by atoms with Crippen LogP contribution in [0.25, 0.3) is 5.65 Å². The molecule has 0 unspecified atom stereocenters. The summed E-state index contributed by atoms with van der Waals surface area (Å²) >= 11 is 3.43. The van der Waals surface area contributed by atoms with Gasteiger partial charge in [0.25, 0.3) is 0 Å². The number of imidazole rings is 1. The molecule has 0 bridgehead atoms. The molecule has 4 N–H and O–H groups in total. The van der Waals surface area contributed by atoms with E-state index in [9.17, 15) is 9.59 Å². The predicted molar refractivity (Wildman–Crippen MR) is 120 cm³/mol. The fourth-order valence-corrected chi connectivity index (χ4v) is 3.84. The van der Waals surface area contributed by atoms with E-state index in [0.717, 1.165) is 30.2 Å². The minimum atomic E-state index is -0.154. The van der Waals surface area contributed by atoms with E-state index in [1.807, 2.05) is 18.2 Å². The maximum absolute atomic E-state index is 12.8. The van der Waals surface area contributed by atoms with Crippen LogP contribution in [0.2, 0.25) is 0 Å². The van der Waals surface area contributed by atoms with Crippen LogP contribution in [0.3, 0.4) is 0 Å². The molecule has 2 amide bonds. The minimum absolute atomic E-state index is 0.0718. The molecule has 5 rings (SSSR count). The molecule has 2 saturated carbocycles. The number of hydrazine groups is 1. The number of hydrogen-bond acceptors (Lipinski definition) is 7. The van der Waals surface area contributed by atoms with Crippen LogP contribution >= 0.6 is 15.9 Å². The summed E-state index contributed by atoms with van der Waals surface area (Å²) < 4.78 is 2.45.